The second kappa shape index (κ2) is 10.2. The van der Waals surface area contributed by atoms with Crippen molar-refractivity contribution in [3.63, 3.8) is 0 Å². The molecule has 0 saturated heterocycles. The summed E-state index contributed by atoms with van der Waals surface area (Å²) in [5.41, 5.74) is 7.43. The number of urea groups is 1. The van der Waals surface area contributed by atoms with Crippen LogP contribution in [0.15, 0.2) is 71.3 Å². The molecule has 0 radical (unpaired) electrons. The molecular weight excluding hydrogens is 497 g/mol. The predicted molar refractivity (Wildman–Crippen MR) is 139 cm³/mol. The maximum atomic E-state index is 13.5. The van der Waals surface area contributed by atoms with Gasteiger partial charge in [0.15, 0.2) is 11.6 Å². The Morgan fingerprint density at radius 1 is 1.08 bits per heavy atom. The number of amides is 2. The van der Waals surface area contributed by atoms with E-state index >= 15 is 0 Å². The summed E-state index contributed by atoms with van der Waals surface area (Å²) >= 11 is 0. The van der Waals surface area contributed by atoms with E-state index in [0.717, 1.165) is 17.7 Å². The number of hydrogen-bond acceptors (Lipinski definition) is 6. The fourth-order valence-electron chi connectivity index (χ4n) is 4.32. The molecular formula is C27H25F3N6O2. The molecule has 8 nitrogen and oxygen atoms in total. The molecule has 2 aromatic carbocycles. The minimum absolute atomic E-state index is 0.175. The summed E-state index contributed by atoms with van der Waals surface area (Å²) in [6.45, 7) is 1.24. The molecule has 11 heteroatoms. The van der Waals surface area contributed by atoms with Crippen LogP contribution >= 0.6 is 0 Å². The molecule has 0 atom stereocenters. The summed E-state index contributed by atoms with van der Waals surface area (Å²) in [5, 5.41) is 2.91. The summed E-state index contributed by atoms with van der Waals surface area (Å²) in [5.74, 6) is 1.30. The quantitative estimate of drug-likeness (QED) is 0.354. The Hall–Kier alpha value is -4.38. The van der Waals surface area contributed by atoms with Crippen LogP contribution in [0.25, 0.3) is 22.6 Å². The van der Waals surface area contributed by atoms with E-state index < -0.39 is 17.8 Å². The van der Waals surface area contributed by atoms with Crippen LogP contribution in [0.2, 0.25) is 0 Å². The number of nitrogens with one attached hydrogen (secondary N) is 1. The van der Waals surface area contributed by atoms with Gasteiger partial charge in [-0.1, -0.05) is 24.3 Å². The van der Waals surface area contributed by atoms with Crippen LogP contribution in [-0.2, 0) is 12.7 Å². The Bertz CT molecular complexity index is 1470. The smallest absolute Gasteiger partial charge is 0.416 e. The third kappa shape index (κ3) is 5.18. The fraction of sp³-hybridized carbons (Fsp3) is 0.222. The lowest BCUT2D eigenvalue weighted by atomic mass is 10.1. The molecule has 3 heterocycles. The molecule has 4 aromatic rings. The number of nitrogens with zero attached hydrogens (tertiary/aromatic N) is 4. The largest absolute Gasteiger partial charge is 0.439 e. The van der Waals surface area contributed by atoms with Gasteiger partial charge >= 0.3 is 12.2 Å². The van der Waals surface area contributed by atoms with Crippen LogP contribution < -0.4 is 20.9 Å². The van der Waals surface area contributed by atoms with Gasteiger partial charge in [0, 0.05) is 37.0 Å². The van der Waals surface area contributed by atoms with Gasteiger partial charge in [0.05, 0.1) is 29.7 Å². The van der Waals surface area contributed by atoms with E-state index in [4.69, 9.17) is 10.2 Å². The van der Waals surface area contributed by atoms with Gasteiger partial charge in [-0.25, -0.2) is 14.8 Å². The molecule has 0 aliphatic carbocycles. The van der Waals surface area contributed by atoms with Gasteiger partial charge in [-0.15, -0.1) is 0 Å². The standard InChI is InChI=1S/C27H25F3N6O2/c1-35-11-4-12-36(26(37)33-20-8-3-6-18(14-20)23-16-32-24(15-31)38-23)25-22(35)10-9-21(34-25)17-5-2-7-19(13-17)27(28,29)30/h2-3,5-10,13-14,16H,4,11-12,15,31H2,1H3,(H,33,37). The highest BCUT2D eigenvalue weighted by molar-refractivity contribution is 6.03. The molecule has 5 rings (SSSR count). The second-order valence-electron chi connectivity index (χ2n) is 8.88. The highest BCUT2D eigenvalue weighted by atomic mass is 19.4. The van der Waals surface area contributed by atoms with Crippen molar-refractivity contribution < 1.29 is 22.4 Å². The first-order valence-corrected chi connectivity index (χ1v) is 12.0. The first kappa shape index (κ1) is 25.3. The topological polar surface area (TPSA) is 101 Å². The maximum absolute atomic E-state index is 13.5. The van der Waals surface area contributed by atoms with Crippen molar-refractivity contribution in [2.75, 3.05) is 35.3 Å². The Labute approximate surface area is 216 Å². The number of anilines is 3. The van der Waals surface area contributed by atoms with E-state index in [1.54, 1.807) is 42.6 Å². The SMILES string of the molecule is CN1CCCN(C(=O)Nc2cccc(-c3cnc(CN)o3)c2)c2nc(-c3cccc(C(F)(F)F)c3)ccc21. The van der Waals surface area contributed by atoms with Crippen molar-refractivity contribution >= 4 is 23.2 Å². The number of nitrogens with two attached hydrogens (primary N) is 1. The van der Waals surface area contributed by atoms with Crippen molar-refractivity contribution in [1.82, 2.24) is 9.97 Å². The Morgan fingerprint density at radius 3 is 2.63 bits per heavy atom. The molecule has 196 valence electrons. The van der Waals surface area contributed by atoms with E-state index in [9.17, 15) is 18.0 Å². The highest BCUT2D eigenvalue weighted by Crippen LogP contribution is 2.36. The predicted octanol–water partition coefficient (Wildman–Crippen LogP) is 5.76. The first-order chi connectivity index (χ1) is 18.2. The minimum atomic E-state index is -4.47. The lowest BCUT2D eigenvalue weighted by molar-refractivity contribution is -0.137. The minimum Gasteiger partial charge on any atom is -0.439 e. The number of hydrogen-bond donors (Lipinski definition) is 2. The molecule has 0 saturated carbocycles. The number of carbonyl (C=O) groups excluding carboxylic acids is 1. The molecule has 0 spiro atoms. The van der Waals surface area contributed by atoms with Crippen LogP contribution in [0.3, 0.4) is 0 Å². The zero-order chi connectivity index (χ0) is 26.9. The molecule has 0 unspecified atom stereocenters. The summed E-state index contributed by atoms with van der Waals surface area (Å²) in [6, 6.07) is 15.2. The number of carbonyl (C=O) groups is 1. The zero-order valence-corrected chi connectivity index (χ0v) is 20.5. The average Bonchev–Trinajstić information content (AvgIpc) is 3.33. The monoisotopic (exact) mass is 522 g/mol. The van der Waals surface area contributed by atoms with E-state index in [-0.39, 0.29) is 6.54 Å². The Balaban J connectivity index is 1.46. The number of aromatic nitrogens is 2. The van der Waals surface area contributed by atoms with E-state index in [0.29, 0.717) is 59.6 Å². The van der Waals surface area contributed by atoms with Gasteiger partial charge in [0.1, 0.15) is 0 Å². The van der Waals surface area contributed by atoms with Gasteiger partial charge in [-0.2, -0.15) is 13.2 Å². The number of oxazole rings is 1. The summed E-state index contributed by atoms with van der Waals surface area (Å²) in [4.78, 5) is 25.7. The first-order valence-electron chi connectivity index (χ1n) is 12.0. The van der Waals surface area contributed by atoms with Crippen LogP contribution in [0.5, 0.6) is 0 Å². The van der Waals surface area contributed by atoms with Gasteiger partial charge in [-0.05, 0) is 42.8 Å². The van der Waals surface area contributed by atoms with E-state index in [1.807, 2.05) is 18.0 Å². The molecule has 0 bridgehead atoms. The molecule has 2 aromatic heterocycles. The van der Waals surface area contributed by atoms with Crippen LogP contribution in [-0.4, -0.2) is 36.1 Å². The van der Waals surface area contributed by atoms with Crippen molar-refractivity contribution in [2.24, 2.45) is 5.73 Å². The van der Waals surface area contributed by atoms with Crippen molar-refractivity contribution in [3.8, 4) is 22.6 Å². The number of halogens is 3. The van der Waals surface area contributed by atoms with Crippen LogP contribution in [0.4, 0.5) is 35.2 Å². The number of fused-ring (bicyclic) bond motifs is 1. The van der Waals surface area contributed by atoms with Crippen molar-refractivity contribution in [2.45, 2.75) is 19.1 Å². The number of pyridine rings is 1. The van der Waals surface area contributed by atoms with Crippen LogP contribution in [0.1, 0.15) is 17.9 Å². The lowest BCUT2D eigenvalue weighted by Gasteiger charge is -2.24. The number of rotatable bonds is 4. The summed E-state index contributed by atoms with van der Waals surface area (Å²) in [7, 11) is 1.89. The van der Waals surface area contributed by atoms with Gasteiger partial charge in [0.25, 0.3) is 0 Å². The Morgan fingerprint density at radius 2 is 1.87 bits per heavy atom. The van der Waals surface area contributed by atoms with Crippen LogP contribution in [0, 0.1) is 0 Å². The van der Waals surface area contributed by atoms with Gasteiger partial charge in [-0.3, -0.25) is 4.90 Å². The molecule has 1 aliphatic rings. The highest BCUT2D eigenvalue weighted by Gasteiger charge is 2.31. The van der Waals surface area contributed by atoms with Crippen molar-refractivity contribution in [3.05, 3.63) is 78.3 Å². The number of benzene rings is 2. The molecule has 1 aliphatic heterocycles. The van der Waals surface area contributed by atoms with E-state index in [1.165, 1.54) is 11.0 Å². The summed E-state index contributed by atoms with van der Waals surface area (Å²) < 4.78 is 45.5. The molecule has 3 N–H and O–H groups in total. The third-order valence-electron chi connectivity index (χ3n) is 6.25. The van der Waals surface area contributed by atoms with Gasteiger partial charge < -0.3 is 20.4 Å². The number of alkyl halides is 3. The summed E-state index contributed by atoms with van der Waals surface area (Å²) in [6.07, 6.45) is -2.22. The van der Waals surface area contributed by atoms with E-state index in [2.05, 4.69) is 15.3 Å². The lowest BCUT2D eigenvalue weighted by Crippen LogP contribution is -2.36. The molecule has 38 heavy (non-hydrogen) atoms. The Kier molecular flexibility index (Phi) is 6.77. The molecule has 2 amide bonds. The third-order valence-corrected chi connectivity index (χ3v) is 6.25. The average molecular weight is 523 g/mol. The maximum Gasteiger partial charge on any atom is 0.416 e. The zero-order valence-electron chi connectivity index (χ0n) is 20.5. The normalized spacial score (nSPS) is 13.7. The van der Waals surface area contributed by atoms with Crippen molar-refractivity contribution in [1.29, 1.82) is 0 Å². The second-order valence-corrected chi connectivity index (χ2v) is 8.88. The molecule has 0 fully saturated rings. The van der Waals surface area contributed by atoms with Gasteiger partial charge in [0.2, 0.25) is 5.89 Å². The fourth-order valence-corrected chi connectivity index (χ4v) is 4.32.